The fourth-order valence-electron chi connectivity index (χ4n) is 6.27. The topological polar surface area (TPSA) is 29.3 Å². The average Bonchev–Trinajstić information content (AvgIpc) is 3.66. The van der Waals surface area contributed by atoms with Gasteiger partial charge in [-0.05, 0) is 0 Å². The Morgan fingerprint density at radius 2 is 1.28 bits per heavy atom. The average molecular weight is 616 g/mol. The molecule has 4 heteroatoms. The van der Waals surface area contributed by atoms with E-state index in [-0.39, 0.29) is 14.5 Å². The predicted molar refractivity (Wildman–Crippen MR) is 181 cm³/mol. The molecule has 0 fully saturated rings. The summed E-state index contributed by atoms with van der Waals surface area (Å²) in [5, 5.41) is 7.44. The summed E-state index contributed by atoms with van der Waals surface area (Å²) < 4.78 is 8.97. The van der Waals surface area contributed by atoms with Crippen molar-refractivity contribution in [1.29, 1.82) is 0 Å². The van der Waals surface area contributed by atoms with Crippen LogP contribution in [0.3, 0.4) is 0 Å². The van der Waals surface area contributed by atoms with Gasteiger partial charge in [-0.2, -0.15) is 0 Å². The van der Waals surface area contributed by atoms with Crippen LogP contribution in [0.25, 0.3) is 63.4 Å². The molecule has 0 atom stereocenters. The van der Waals surface area contributed by atoms with Crippen molar-refractivity contribution in [3.05, 3.63) is 146 Å². The van der Waals surface area contributed by atoms with Gasteiger partial charge in [0, 0.05) is 0 Å². The molecule has 9 rings (SSSR count). The molecule has 2 heterocycles. The first kappa shape index (κ1) is 24.4. The second kappa shape index (κ2) is 9.71. The van der Waals surface area contributed by atoms with Crippen molar-refractivity contribution in [2.24, 2.45) is 0 Å². The summed E-state index contributed by atoms with van der Waals surface area (Å²) in [4.78, 5) is 7.26. The van der Waals surface area contributed by atoms with E-state index in [0.29, 0.717) is 5.89 Å². The quantitative estimate of drug-likeness (QED) is 0.185. The first-order valence-electron chi connectivity index (χ1n) is 14.4. The number of oxazole rings is 1. The summed E-state index contributed by atoms with van der Waals surface area (Å²) in [7, 11) is 0. The molecular formula is C39H24N2OSe. The molecule has 0 aliphatic carbocycles. The Hall–Kier alpha value is -5.15. The Labute approximate surface area is 254 Å². The van der Waals surface area contributed by atoms with Crippen LogP contribution in [0, 0.1) is 0 Å². The van der Waals surface area contributed by atoms with Gasteiger partial charge in [-0.1, -0.05) is 0 Å². The zero-order valence-corrected chi connectivity index (χ0v) is 24.8. The number of rotatable bonds is 4. The minimum absolute atomic E-state index is 0.163. The monoisotopic (exact) mass is 616 g/mol. The number of fused-ring (bicyclic) bond motifs is 6. The van der Waals surface area contributed by atoms with E-state index in [4.69, 9.17) is 9.40 Å². The Bertz CT molecular complexity index is 2450. The fourth-order valence-corrected chi connectivity index (χ4v) is 8.71. The third kappa shape index (κ3) is 3.99. The number of anilines is 3. The first-order valence-corrected chi connectivity index (χ1v) is 16.1. The summed E-state index contributed by atoms with van der Waals surface area (Å²) in [5.41, 5.74) is 6.23. The third-order valence-electron chi connectivity index (χ3n) is 8.26. The van der Waals surface area contributed by atoms with Gasteiger partial charge in [-0.25, -0.2) is 0 Å². The standard InChI is InChI=1S/C39H24N2OSe/c1-2-11-27-23-28(20-19-25(27)9-1)41(34-16-7-12-26-10-3-4-13-30(26)34)29-21-22-31-37(24-29)43-36-18-8-14-32(38(31)36)39-40-33-15-5-6-17-35(33)42-39/h1-24H. The molecule has 7 aromatic carbocycles. The SMILES string of the molecule is c1ccc2cc(N(c3ccc4c(c3)[se]c3cccc(-c5nc6ccccc6o5)c34)c3cccc4ccccc34)ccc2c1. The van der Waals surface area contributed by atoms with E-state index >= 15 is 0 Å². The van der Waals surface area contributed by atoms with Crippen LogP contribution >= 0.6 is 0 Å². The van der Waals surface area contributed by atoms with E-state index in [0.717, 1.165) is 28.0 Å². The van der Waals surface area contributed by atoms with Crippen molar-refractivity contribution >= 4 is 83.5 Å². The number of benzene rings is 7. The van der Waals surface area contributed by atoms with Gasteiger partial charge in [-0.3, -0.25) is 0 Å². The van der Waals surface area contributed by atoms with Crippen molar-refractivity contribution in [3.63, 3.8) is 0 Å². The maximum atomic E-state index is 6.24. The Kier molecular flexibility index (Phi) is 5.52. The molecule has 3 nitrogen and oxygen atoms in total. The normalized spacial score (nSPS) is 11.7. The van der Waals surface area contributed by atoms with Crippen LogP contribution in [-0.2, 0) is 0 Å². The molecule has 2 aromatic heterocycles. The number of hydrogen-bond acceptors (Lipinski definition) is 3. The van der Waals surface area contributed by atoms with Crippen LogP contribution in [0.4, 0.5) is 17.1 Å². The predicted octanol–water partition coefficient (Wildman–Crippen LogP) is 10.6. The molecule has 43 heavy (non-hydrogen) atoms. The van der Waals surface area contributed by atoms with Gasteiger partial charge in [0.2, 0.25) is 0 Å². The number of aromatic nitrogens is 1. The van der Waals surface area contributed by atoms with Gasteiger partial charge in [-0.15, -0.1) is 0 Å². The Morgan fingerprint density at radius 1 is 0.535 bits per heavy atom. The Morgan fingerprint density at radius 3 is 2.21 bits per heavy atom. The molecule has 0 amide bonds. The molecule has 0 saturated heterocycles. The van der Waals surface area contributed by atoms with Crippen LogP contribution in [0.2, 0.25) is 0 Å². The van der Waals surface area contributed by atoms with Gasteiger partial charge in [0.05, 0.1) is 0 Å². The van der Waals surface area contributed by atoms with Crippen LogP contribution in [0.15, 0.2) is 150 Å². The van der Waals surface area contributed by atoms with E-state index in [1.807, 2.05) is 24.3 Å². The molecule has 0 unspecified atom stereocenters. The van der Waals surface area contributed by atoms with Crippen molar-refractivity contribution < 1.29 is 4.42 Å². The molecule has 0 N–H and O–H groups in total. The van der Waals surface area contributed by atoms with Gasteiger partial charge < -0.3 is 0 Å². The van der Waals surface area contributed by atoms with E-state index in [1.54, 1.807) is 0 Å². The Balaban J connectivity index is 1.27. The molecule has 0 aliphatic rings. The number of para-hydroxylation sites is 2. The molecule has 0 radical (unpaired) electrons. The van der Waals surface area contributed by atoms with E-state index in [9.17, 15) is 0 Å². The summed E-state index contributed by atoms with van der Waals surface area (Å²) >= 11 is 0.163. The maximum absolute atomic E-state index is 6.24. The van der Waals surface area contributed by atoms with Crippen LogP contribution in [-0.4, -0.2) is 19.5 Å². The molecule has 9 aromatic rings. The van der Waals surface area contributed by atoms with Gasteiger partial charge in [0.15, 0.2) is 0 Å². The third-order valence-corrected chi connectivity index (χ3v) is 10.6. The second-order valence-corrected chi connectivity index (χ2v) is 13.1. The molecule has 0 saturated carbocycles. The summed E-state index contributed by atoms with van der Waals surface area (Å²) in [6.45, 7) is 0. The zero-order chi connectivity index (χ0) is 28.3. The van der Waals surface area contributed by atoms with Crippen molar-refractivity contribution in [2.45, 2.75) is 0 Å². The summed E-state index contributed by atoms with van der Waals surface area (Å²) in [5.74, 6) is 0.680. The number of nitrogens with zero attached hydrogens (tertiary/aromatic N) is 2. The fraction of sp³-hybridized carbons (Fsp3) is 0. The summed E-state index contributed by atoms with van der Waals surface area (Å²) in [6, 6.07) is 52.0. The molecule has 0 bridgehead atoms. The second-order valence-electron chi connectivity index (χ2n) is 10.8. The molecular weight excluding hydrogens is 591 g/mol. The first-order chi connectivity index (χ1) is 21.3. The molecule has 0 spiro atoms. The van der Waals surface area contributed by atoms with Crippen LogP contribution < -0.4 is 4.90 Å². The van der Waals surface area contributed by atoms with E-state index in [2.05, 4.69) is 126 Å². The van der Waals surface area contributed by atoms with Crippen molar-refractivity contribution in [1.82, 2.24) is 4.98 Å². The van der Waals surface area contributed by atoms with Crippen molar-refractivity contribution in [2.75, 3.05) is 4.90 Å². The van der Waals surface area contributed by atoms with Gasteiger partial charge >= 0.3 is 255 Å². The molecule has 202 valence electrons. The van der Waals surface area contributed by atoms with Crippen LogP contribution in [0.5, 0.6) is 0 Å². The van der Waals surface area contributed by atoms with Crippen molar-refractivity contribution in [3.8, 4) is 11.5 Å². The summed E-state index contributed by atoms with van der Waals surface area (Å²) in [6.07, 6.45) is 0. The van der Waals surface area contributed by atoms with E-state index < -0.39 is 0 Å². The van der Waals surface area contributed by atoms with E-state index in [1.165, 1.54) is 46.5 Å². The van der Waals surface area contributed by atoms with Gasteiger partial charge in [0.25, 0.3) is 0 Å². The van der Waals surface area contributed by atoms with Gasteiger partial charge in [0.1, 0.15) is 0 Å². The minimum atomic E-state index is 0.163. The van der Waals surface area contributed by atoms with Crippen LogP contribution in [0.1, 0.15) is 0 Å². The number of hydrogen-bond donors (Lipinski definition) is 0. The zero-order valence-electron chi connectivity index (χ0n) is 23.1. The molecule has 0 aliphatic heterocycles.